The molecule has 0 aliphatic heterocycles. The number of benzene rings is 2. The van der Waals surface area contributed by atoms with Crippen molar-refractivity contribution in [3.05, 3.63) is 95.1 Å². The third-order valence-corrected chi connectivity index (χ3v) is 4.57. The number of carbonyl (C=O) groups is 2. The Morgan fingerprint density at radius 1 is 1.17 bits per heavy atom. The van der Waals surface area contributed by atoms with Crippen molar-refractivity contribution in [1.82, 2.24) is 4.57 Å². The molecule has 0 spiro atoms. The summed E-state index contributed by atoms with van der Waals surface area (Å²) in [6.45, 7) is 3.68. The van der Waals surface area contributed by atoms with Crippen LogP contribution in [0, 0.1) is 12.7 Å². The second kappa shape index (κ2) is 9.22. The molecule has 0 aliphatic carbocycles. The molecule has 30 heavy (non-hydrogen) atoms. The van der Waals surface area contributed by atoms with E-state index in [-0.39, 0.29) is 11.5 Å². The molecule has 6 heteroatoms. The fourth-order valence-electron chi connectivity index (χ4n) is 2.93. The summed E-state index contributed by atoms with van der Waals surface area (Å²) in [7, 11) is 0. The van der Waals surface area contributed by atoms with Crippen LogP contribution < -0.4 is 4.74 Å². The zero-order chi connectivity index (χ0) is 21.7. The summed E-state index contributed by atoms with van der Waals surface area (Å²) < 4.78 is 21.2. The third kappa shape index (κ3) is 5.03. The van der Waals surface area contributed by atoms with Crippen LogP contribution in [0.1, 0.15) is 34.1 Å². The van der Waals surface area contributed by atoms with Crippen LogP contribution in [-0.2, 0) is 11.3 Å². The van der Waals surface area contributed by atoms with E-state index >= 15 is 0 Å². The SMILES string of the molecule is Cc1ccc(C(=O)c2c(F)ccn2C/C=C/c2cccc(O[C@@H](C)C(=O)O)c2)cc1. The summed E-state index contributed by atoms with van der Waals surface area (Å²) in [4.78, 5) is 23.7. The van der Waals surface area contributed by atoms with E-state index in [0.29, 0.717) is 17.9 Å². The van der Waals surface area contributed by atoms with Crippen molar-refractivity contribution in [2.75, 3.05) is 0 Å². The fourth-order valence-corrected chi connectivity index (χ4v) is 2.93. The van der Waals surface area contributed by atoms with Crippen LogP contribution >= 0.6 is 0 Å². The Morgan fingerprint density at radius 2 is 1.90 bits per heavy atom. The standard InChI is InChI=1S/C24H22FNO4/c1-16-8-10-19(11-9-16)23(27)22-21(25)12-14-26(22)13-4-6-18-5-3-7-20(15-18)30-17(2)24(28)29/h3-12,14-15,17H,13H2,1-2H3,(H,28,29)/b6-4+/t17-/m0/s1. The van der Waals surface area contributed by atoms with E-state index in [4.69, 9.17) is 9.84 Å². The van der Waals surface area contributed by atoms with Crippen molar-refractivity contribution in [3.8, 4) is 5.75 Å². The highest BCUT2D eigenvalue weighted by Gasteiger charge is 2.18. The van der Waals surface area contributed by atoms with Crippen molar-refractivity contribution in [2.45, 2.75) is 26.5 Å². The molecule has 3 aromatic rings. The number of hydrogen-bond acceptors (Lipinski definition) is 3. The summed E-state index contributed by atoms with van der Waals surface area (Å²) >= 11 is 0. The smallest absolute Gasteiger partial charge is 0.344 e. The van der Waals surface area contributed by atoms with Gasteiger partial charge in [0, 0.05) is 18.3 Å². The molecule has 0 unspecified atom stereocenters. The van der Waals surface area contributed by atoms with Crippen LogP contribution in [0.5, 0.6) is 5.75 Å². The zero-order valence-corrected chi connectivity index (χ0v) is 16.7. The van der Waals surface area contributed by atoms with Crippen LogP contribution in [-0.4, -0.2) is 27.5 Å². The first-order valence-corrected chi connectivity index (χ1v) is 9.47. The van der Waals surface area contributed by atoms with E-state index in [1.54, 1.807) is 47.1 Å². The van der Waals surface area contributed by atoms with E-state index in [1.807, 2.05) is 25.1 Å². The predicted octanol–water partition coefficient (Wildman–Crippen LogP) is 4.73. The van der Waals surface area contributed by atoms with E-state index in [1.165, 1.54) is 19.2 Å². The normalized spacial score (nSPS) is 12.1. The molecule has 154 valence electrons. The second-order valence-corrected chi connectivity index (χ2v) is 6.93. The van der Waals surface area contributed by atoms with Crippen LogP contribution in [0.3, 0.4) is 0 Å². The van der Waals surface area contributed by atoms with Crippen LogP contribution in [0.25, 0.3) is 6.08 Å². The summed E-state index contributed by atoms with van der Waals surface area (Å²) in [5, 5.41) is 8.95. The van der Waals surface area contributed by atoms with Gasteiger partial charge < -0.3 is 14.4 Å². The monoisotopic (exact) mass is 407 g/mol. The largest absolute Gasteiger partial charge is 0.479 e. The molecule has 5 nitrogen and oxygen atoms in total. The average Bonchev–Trinajstić information content (AvgIpc) is 3.08. The number of ether oxygens (including phenoxy) is 1. The van der Waals surface area contributed by atoms with E-state index in [0.717, 1.165) is 11.1 Å². The summed E-state index contributed by atoms with van der Waals surface area (Å²) in [5.41, 5.74) is 2.26. The molecule has 1 N–H and O–H groups in total. The lowest BCUT2D eigenvalue weighted by Gasteiger charge is -2.10. The molecular weight excluding hydrogens is 385 g/mol. The average molecular weight is 407 g/mol. The Bertz CT molecular complexity index is 1080. The molecule has 1 aromatic heterocycles. The topological polar surface area (TPSA) is 68.5 Å². The number of rotatable bonds is 8. The molecule has 1 atom stereocenters. The maximum atomic E-state index is 14.3. The minimum Gasteiger partial charge on any atom is -0.479 e. The van der Waals surface area contributed by atoms with Crippen molar-refractivity contribution in [2.24, 2.45) is 0 Å². The van der Waals surface area contributed by atoms with E-state index in [2.05, 4.69) is 0 Å². The van der Waals surface area contributed by atoms with Gasteiger partial charge in [-0.3, -0.25) is 4.79 Å². The molecule has 0 amide bonds. The van der Waals surface area contributed by atoms with E-state index in [9.17, 15) is 14.0 Å². The maximum absolute atomic E-state index is 14.3. The molecular formula is C24H22FNO4. The lowest BCUT2D eigenvalue weighted by atomic mass is 10.1. The maximum Gasteiger partial charge on any atom is 0.344 e. The number of carbonyl (C=O) groups excluding carboxylic acids is 1. The number of aliphatic carboxylic acids is 1. The highest BCUT2D eigenvalue weighted by Crippen LogP contribution is 2.18. The lowest BCUT2D eigenvalue weighted by Crippen LogP contribution is -2.22. The molecule has 1 heterocycles. The molecule has 0 aliphatic rings. The molecule has 2 aromatic carbocycles. The highest BCUT2D eigenvalue weighted by atomic mass is 19.1. The molecule has 3 rings (SSSR count). The van der Waals surface area contributed by atoms with Gasteiger partial charge in [-0.15, -0.1) is 0 Å². The number of carboxylic acid groups (broad SMARTS) is 1. The lowest BCUT2D eigenvalue weighted by molar-refractivity contribution is -0.144. The fraction of sp³-hybridized carbons (Fsp3) is 0.167. The predicted molar refractivity (Wildman–Crippen MR) is 112 cm³/mol. The molecule has 0 fully saturated rings. The van der Waals surface area contributed by atoms with Crippen molar-refractivity contribution >= 4 is 17.8 Å². The van der Waals surface area contributed by atoms with Crippen LogP contribution in [0.4, 0.5) is 4.39 Å². The minimum atomic E-state index is -1.05. The number of nitrogens with zero attached hydrogens (tertiary/aromatic N) is 1. The van der Waals surface area contributed by atoms with Gasteiger partial charge in [0.05, 0.1) is 0 Å². The molecule has 0 radical (unpaired) electrons. The summed E-state index contributed by atoms with van der Waals surface area (Å²) in [6.07, 6.45) is 4.18. The van der Waals surface area contributed by atoms with Gasteiger partial charge in [-0.25, -0.2) is 9.18 Å². The van der Waals surface area contributed by atoms with Crippen LogP contribution in [0.2, 0.25) is 0 Å². The van der Waals surface area contributed by atoms with Gasteiger partial charge in [0.15, 0.2) is 11.9 Å². The summed E-state index contributed by atoms with van der Waals surface area (Å²) in [6, 6.07) is 15.3. The van der Waals surface area contributed by atoms with Crippen molar-refractivity contribution < 1.29 is 23.8 Å². The first kappa shape index (κ1) is 21.0. The van der Waals surface area contributed by atoms with Gasteiger partial charge in [-0.05, 0) is 37.6 Å². The number of aryl methyl sites for hydroxylation is 1. The van der Waals surface area contributed by atoms with Gasteiger partial charge >= 0.3 is 5.97 Å². The number of carboxylic acids is 1. The molecule has 0 saturated heterocycles. The Kier molecular flexibility index (Phi) is 6.47. The van der Waals surface area contributed by atoms with Crippen molar-refractivity contribution in [1.29, 1.82) is 0 Å². The minimum absolute atomic E-state index is 0.0101. The van der Waals surface area contributed by atoms with E-state index < -0.39 is 17.9 Å². The van der Waals surface area contributed by atoms with Gasteiger partial charge in [0.25, 0.3) is 0 Å². The highest BCUT2D eigenvalue weighted by molar-refractivity contribution is 6.08. The number of aromatic nitrogens is 1. The zero-order valence-electron chi connectivity index (χ0n) is 16.7. The van der Waals surface area contributed by atoms with Gasteiger partial charge in [0.1, 0.15) is 11.4 Å². The Labute approximate surface area is 174 Å². The summed E-state index contributed by atoms with van der Waals surface area (Å²) in [5.74, 6) is -1.54. The van der Waals surface area contributed by atoms with Gasteiger partial charge in [-0.2, -0.15) is 0 Å². The van der Waals surface area contributed by atoms with Crippen LogP contribution in [0.15, 0.2) is 66.9 Å². The van der Waals surface area contributed by atoms with Gasteiger partial charge in [-0.1, -0.05) is 54.1 Å². The number of hydrogen-bond donors (Lipinski definition) is 1. The third-order valence-electron chi connectivity index (χ3n) is 4.57. The molecule has 0 saturated carbocycles. The Hall–Kier alpha value is -3.67. The van der Waals surface area contributed by atoms with Crippen molar-refractivity contribution in [3.63, 3.8) is 0 Å². The Morgan fingerprint density at radius 3 is 2.60 bits per heavy atom. The number of allylic oxidation sites excluding steroid dienone is 1. The first-order chi connectivity index (χ1) is 14.3. The van der Waals surface area contributed by atoms with Gasteiger partial charge in [0.2, 0.25) is 5.78 Å². The molecule has 0 bridgehead atoms. The number of ketones is 1. The Balaban J connectivity index is 1.74. The first-order valence-electron chi connectivity index (χ1n) is 9.47. The second-order valence-electron chi connectivity index (χ2n) is 6.93. The number of halogens is 1. The quantitative estimate of drug-likeness (QED) is 0.548.